The van der Waals surface area contributed by atoms with Crippen molar-refractivity contribution in [3.63, 3.8) is 0 Å². The molecule has 0 saturated carbocycles. The Balaban J connectivity index is 1.69. The number of carbonyl (C=O) groups is 3. The molecule has 0 spiro atoms. The fourth-order valence-electron chi connectivity index (χ4n) is 3.63. The topological polar surface area (TPSA) is 78.5 Å². The third-order valence-corrected chi connectivity index (χ3v) is 5.09. The van der Waals surface area contributed by atoms with Crippen LogP contribution in [0.4, 0.5) is 11.4 Å². The molecule has 1 saturated heterocycles. The monoisotopic (exact) mass is 393 g/mol. The highest BCUT2D eigenvalue weighted by atomic mass is 16.2. The second-order valence-electron chi connectivity index (χ2n) is 7.57. The quantitative estimate of drug-likeness (QED) is 0.787. The Labute approximate surface area is 171 Å². The summed E-state index contributed by atoms with van der Waals surface area (Å²) >= 11 is 0. The summed E-state index contributed by atoms with van der Waals surface area (Å²) < 4.78 is 0. The van der Waals surface area contributed by atoms with Gasteiger partial charge in [0.05, 0.1) is 12.5 Å². The van der Waals surface area contributed by atoms with Gasteiger partial charge in [0.25, 0.3) is 0 Å². The summed E-state index contributed by atoms with van der Waals surface area (Å²) in [5.41, 5.74) is 4.51. The van der Waals surface area contributed by atoms with E-state index in [4.69, 9.17) is 0 Å². The van der Waals surface area contributed by atoms with E-state index in [-0.39, 0.29) is 24.1 Å². The molecule has 2 aromatic carbocycles. The fourth-order valence-corrected chi connectivity index (χ4v) is 3.63. The molecule has 1 heterocycles. The SMILES string of the molecule is CC(=O)N[C@@H](CC(=O)Nc1ccc(N2CCCC2=O)c(C)c1)c1ccc(C)cc1. The van der Waals surface area contributed by atoms with Crippen molar-refractivity contribution >= 4 is 29.1 Å². The molecule has 29 heavy (non-hydrogen) atoms. The molecule has 2 aromatic rings. The van der Waals surface area contributed by atoms with Crippen LogP contribution in [-0.4, -0.2) is 24.3 Å². The van der Waals surface area contributed by atoms with Crippen LogP contribution in [0, 0.1) is 13.8 Å². The summed E-state index contributed by atoms with van der Waals surface area (Å²) in [4.78, 5) is 38.0. The Morgan fingerprint density at radius 1 is 1.10 bits per heavy atom. The van der Waals surface area contributed by atoms with Crippen molar-refractivity contribution in [3.05, 3.63) is 59.2 Å². The molecule has 0 unspecified atom stereocenters. The van der Waals surface area contributed by atoms with E-state index in [0.717, 1.165) is 35.3 Å². The summed E-state index contributed by atoms with van der Waals surface area (Å²) in [6.45, 7) is 6.11. The van der Waals surface area contributed by atoms with Gasteiger partial charge < -0.3 is 15.5 Å². The molecule has 1 aliphatic heterocycles. The minimum absolute atomic E-state index is 0.133. The van der Waals surface area contributed by atoms with Crippen LogP contribution >= 0.6 is 0 Å². The second-order valence-corrected chi connectivity index (χ2v) is 7.57. The molecule has 3 amide bonds. The van der Waals surface area contributed by atoms with Crippen molar-refractivity contribution < 1.29 is 14.4 Å². The first-order valence-corrected chi connectivity index (χ1v) is 9.88. The Morgan fingerprint density at radius 3 is 2.41 bits per heavy atom. The van der Waals surface area contributed by atoms with Gasteiger partial charge in [-0.3, -0.25) is 14.4 Å². The molecule has 1 aliphatic rings. The van der Waals surface area contributed by atoms with Crippen molar-refractivity contribution in [3.8, 4) is 0 Å². The number of hydrogen-bond donors (Lipinski definition) is 2. The van der Waals surface area contributed by atoms with Gasteiger partial charge in [-0.2, -0.15) is 0 Å². The largest absolute Gasteiger partial charge is 0.349 e. The minimum atomic E-state index is -0.393. The summed E-state index contributed by atoms with van der Waals surface area (Å²) in [6, 6.07) is 12.9. The Kier molecular flexibility index (Phi) is 6.32. The molecule has 152 valence electrons. The van der Waals surface area contributed by atoms with Gasteiger partial charge in [0.15, 0.2) is 0 Å². The van der Waals surface area contributed by atoms with E-state index in [1.807, 2.05) is 56.3 Å². The molecule has 6 heteroatoms. The average molecular weight is 393 g/mol. The number of rotatable bonds is 6. The van der Waals surface area contributed by atoms with Crippen LogP contribution in [0.25, 0.3) is 0 Å². The lowest BCUT2D eigenvalue weighted by Gasteiger charge is -2.20. The first kappa shape index (κ1) is 20.6. The van der Waals surface area contributed by atoms with Crippen LogP contribution in [0.1, 0.15) is 48.9 Å². The van der Waals surface area contributed by atoms with Crippen LogP contribution in [0.5, 0.6) is 0 Å². The summed E-state index contributed by atoms with van der Waals surface area (Å²) in [7, 11) is 0. The number of hydrogen-bond acceptors (Lipinski definition) is 3. The van der Waals surface area contributed by atoms with Gasteiger partial charge in [-0.15, -0.1) is 0 Å². The number of nitrogens with one attached hydrogen (secondary N) is 2. The maximum absolute atomic E-state index is 12.6. The zero-order valence-corrected chi connectivity index (χ0v) is 17.1. The van der Waals surface area contributed by atoms with Gasteiger partial charge in [0, 0.05) is 31.3 Å². The van der Waals surface area contributed by atoms with E-state index in [9.17, 15) is 14.4 Å². The van der Waals surface area contributed by atoms with E-state index in [1.54, 1.807) is 4.90 Å². The average Bonchev–Trinajstić information content (AvgIpc) is 3.07. The molecule has 0 bridgehead atoms. The van der Waals surface area contributed by atoms with Crippen molar-refractivity contribution in [1.82, 2.24) is 5.32 Å². The number of amides is 3. The predicted molar refractivity (Wildman–Crippen MR) is 114 cm³/mol. The molecule has 0 aliphatic carbocycles. The van der Waals surface area contributed by atoms with E-state index in [0.29, 0.717) is 12.1 Å². The van der Waals surface area contributed by atoms with Crippen molar-refractivity contribution in [2.75, 3.05) is 16.8 Å². The molecule has 6 nitrogen and oxygen atoms in total. The molecule has 1 fully saturated rings. The molecule has 2 N–H and O–H groups in total. The van der Waals surface area contributed by atoms with Gasteiger partial charge in [0.2, 0.25) is 17.7 Å². The lowest BCUT2D eigenvalue weighted by Crippen LogP contribution is -2.29. The number of benzene rings is 2. The molecular formula is C23H27N3O3. The van der Waals surface area contributed by atoms with Crippen LogP contribution in [0.3, 0.4) is 0 Å². The first-order valence-electron chi connectivity index (χ1n) is 9.88. The number of aryl methyl sites for hydroxylation is 2. The lowest BCUT2D eigenvalue weighted by atomic mass is 10.0. The zero-order valence-electron chi connectivity index (χ0n) is 17.1. The molecule has 0 radical (unpaired) electrons. The summed E-state index contributed by atoms with van der Waals surface area (Å²) in [6.07, 6.45) is 1.59. The number of carbonyl (C=O) groups excluding carboxylic acids is 3. The van der Waals surface area contributed by atoms with E-state index < -0.39 is 6.04 Å². The number of nitrogens with zero attached hydrogens (tertiary/aromatic N) is 1. The maximum Gasteiger partial charge on any atom is 0.227 e. The standard InChI is InChI=1S/C23H27N3O3/c1-15-6-8-18(9-7-15)20(24-17(3)27)14-22(28)25-19-10-11-21(16(2)13-19)26-12-4-5-23(26)29/h6-11,13,20H,4-5,12,14H2,1-3H3,(H,24,27)(H,25,28)/t20-/m0/s1. The highest BCUT2D eigenvalue weighted by Gasteiger charge is 2.23. The van der Waals surface area contributed by atoms with Gasteiger partial charge >= 0.3 is 0 Å². The van der Waals surface area contributed by atoms with E-state index in [1.165, 1.54) is 6.92 Å². The fraction of sp³-hybridized carbons (Fsp3) is 0.348. The molecule has 3 rings (SSSR count). The summed E-state index contributed by atoms with van der Waals surface area (Å²) in [5.74, 6) is -0.228. The predicted octanol–water partition coefficient (Wildman–Crippen LogP) is 3.64. The van der Waals surface area contributed by atoms with E-state index in [2.05, 4.69) is 10.6 Å². The molecule has 1 atom stereocenters. The van der Waals surface area contributed by atoms with Crippen molar-refractivity contribution in [1.29, 1.82) is 0 Å². The van der Waals surface area contributed by atoms with E-state index >= 15 is 0 Å². The van der Waals surface area contributed by atoms with Crippen molar-refractivity contribution in [2.24, 2.45) is 0 Å². The van der Waals surface area contributed by atoms with Crippen LogP contribution in [0.15, 0.2) is 42.5 Å². The molecule has 0 aromatic heterocycles. The van der Waals surface area contributed by atoms with Crippen molar-refractivity contribution in [2.45, 2.75) is 46.1 Å². The minimum Gasteiger partial charge on any atom is -0.349 e. The Bertz CT molecular complexity index is 921. The van der Waals surface area contributed by atoms with Crippen LogP contribution < -0.4 is 15.5 Å². The van der Waals surface area contributed by atoms with Crippen LogP contribution in [-0.2, 0) is 14.4 Å². The zero-order chi connectivity index (χ0) is 21.0. The van der Waals surface area contributed by atoms with Gasteiger partial charge in [-0.25, -0.2) is 0 Å². The lowest BCUT2D eigenvalue weighted by molar-refractivity contribution is -0.120. The highest BCUT2D eigenvalue weighted by molar-refractivity contribution is 5.97. The van der Waals surface area contributed by atoms with Gasteiger partial charge in [0.1, 0.15) is 0 Å². The van der Waals surface area contributed by atoms with Gasteiger partial charge in [-0.05, 0) is 49.6 Å². The van der Waals surface area contributed by atoms with Gasteiger partial charge in [-0.1, -0.05) is 29.8 Å². The normalized spacial score (nSPS) is 14.6. The molecular weight excluding hydrogens is 366 g/mol. The first-order chi connectivity index (χ1) is 13.8. The number of anilines is 2. The summed E-state index contributed by atoms with van der Waals surface area (Å²) in [5, 5.41) is 5.75. The van der Waals surface area contributed by atoms with Crippen LogP contribution in [0.2, 0.25) is 0 Å². The second kappa shape index (κ2) is 8.90. The Morgan fingerprint density at radius 2 is 1.83 bits per heavy atom. The maximum atomic E-state index is 12.6. The Hall–Kier alpha value is -3.15. The third kappa shape index (κ3) is 5.22. The smallest absolute Gasteiger partial charge is 0.227 e. The highest BCUT2D eigenvalue weighted by Crippen LogP contribution is 2.28. The third-order valence-electron chi connectivity index (χ3n) is 5.09.